The van der Waals surface area contributed by atoms with Crippen LogP contribution in [0.3, 0.4) is 0 Å². The van der Waals surface area contributed by atoms with E-state index in [9.17, 15) is 14.4 Å². The molecule has 0 bridgehead atoms. The number of halogens is 1. The number of ether oxygens (including phenoxy) is 2. The molecule has 2 amide bonds. The molecule has 1 aliphatic heterocycles. The van der Waals surface area contributed by atoms with E-state index in [0.717, 1.165) is 20.5 Å². The number of nitrogens with zero attached hydrogens (tertiary/aromatic N) is 1. The Morgan fingerprint density at radius 3 is 2.00 bits per heavy atom. The lowest BCUT2D eigenvalue weighted by Crippen LogP contribution is -2.29. The first kappa shape index (κ1) is 20.8. The summed E-state index contributed by atoms with van der Waals surface area (Å²) in [5, 5.41) is 0. The molecular weight excluding hydrogens is 462 g/mol. The molecule has 7 heteroatoms. The van der Waals surface area contributed by atoms with Gasteiger partial charge in [0.1, 0.15) is 11.5 Å². The van der Waals surface area contributed by atoms with Gasteiger partial charge in [0.2, 0.25) is 0 Å². The SMILES string of the molecule is Cc1cc(Br)cc(C)c1OCC(=O)Oc1ccc(N2C(=O)c3ccccc3C2=O)cc1. The maximum absolute atomic E-state index is 12.6. The number of rotatable bonds is 5. The van der Waals surface area contributed by atoms with Gasteiger partial charge in [-0.05, 0) is 73.5 Å². The molecule has 3 aromatic rings. The first-order valence-electron chi connectivity index (χ1n) is 9.53. The molecule has 31 heavy (non-hydrogen) atoms. The van der Waals surface area contributed by atoms with Crippen molar-refractivity contribution < 1.29 is 23.9 Å². The Kier molecular flexibility index (Phi) is 5.61. The summed E-state index contributed by atoms with van der Waals surface area (Å²) in [6.07, 6.45) is 0. The molecule has 0 N–H and O–H groups in total. The third-order valence-electron chi connectivity index (χ3n) is 4.88. The van der Waals surface area contributed by atoms with Gasteiger partial charge in [0.25, 0.3) is 11.8 Å². The first-order chi connectivity index (χ1) is 14.8. The third-order valence-corrected chi connectivity index (χ3v) is 5.34. The van der Waals surface area contributed by atoms with E-state index < -0.39 is 5.97 Å². The highest BCUT2D eigenvalue weighted by Gasteiger charge is 2.36. The molecule has 0 aliphatic carbocycles. The Bertz CT molecular complexity index is 1140. The van der Waals surface area contributed by atoms with Crippen LogP contribution in [-0.2, 0) is 4.79 Å². The summed E-state index contributed by atoms with van der Waals surface area (Å²) in [5.74, 6) is -0.382. The Labute approximate surface area is 187 Å². The van der Waals surface area contributed by atoms with Crippen molar-refractivity contribution in [3.63, 3.8) is 0 Å². The zero-order valence-corrected chi connectivity index (χ0v) is 18.4. The lowest BCUT2D eigenvalue weighted by molar-refractivity contribution is -0.136. The van der Waals surface area contributed by atoms with Gasteiger partial charge < -0.3 is 9.47 Å². The van der Waals surface area contributed by atoms with Crippen LogP contribution in [0.4, 0.5) is 5.69 Å². The summed E-state index contributed by atoms with van der Waals surface area (Å²) in [6, 6.07) is 16.7. The van der Waals surface area contributed by atoms with Gasteiger partial charge in [-0.3, -0.25) is 9.59 Å². The second kappa shape index (κ2) is 8.35. The molecule has 4 rings (SSSR count). The van der Waals surface area contributed by atoms with Gasteiger partial charge in [-0.25, -0.2) is 9.69 Å². The number of hydrogen-bond acceptors (Lipinski definition) is 5. The lowest BCUT2D eigenvalue weighted by atomic mass is 10.1. The number of aryl methyl sites for hydroxylation is 2. The van der Waals surface area contributed by atoms with Crippen LogP contribution in [-0.4, -0.2) is 24.4 Å². The number of imide groups is 1. The van der Waals surface area contributed by atoms with Crippen molar-refractivity contribution in [3.05, 3.63) is 87.4 Å². The molecule has 1 aliphatic rings. The van der Waals surface area contributed by atoms with Crippen LogP contribution in [0, 0.1) is 13.8 Å². The molecule has 0 radical (unpaired) electrons. The second-order valence-corrected chi connectivity index (χ2v) is 8.03. The third kappa shape index (κ3) is 4.09. The van der Waals surface area contributed by atoms with Crippen LogP contribution >= 0.6 is 15.9 Å². The van der Waals surface area contributed by atoms with Gasteiger partial charge in [0, 0.05) is 4.47 Å². The largest absolute Gasteiger partial charge is 0.481 e. The smallest absolute Gasteiger partial charge is 0.349 e. The van der Waals surface area contributed by atoms with Crippen molar-refractivity contribution in [2.45, 2.75) is 13.8 Å². The molecule has 156 valence electrons. The normalized spacial score (nSPS) is 12.7. The number of carbonyl (C=O) groups is 3. The van der Waals surface area contributed by atoms with Crippen LogP contribution in [0.2, 0.25) is 0 Å². The van der Waals surface area contributed by atoms with E-state index >= 15 is 0 Å². The predicted molar refractivity (Wildman–Crippen MR) is 119 cm³/mol. The number of anilines is 1. The van der Waals surface area contributed by atoms with Crippen LogP contribution in [0.15, 0.2) is 65.1 Å². The van der Waals surface area contributed by atoms with Gasteiger partial charge in [-0.1, -0.05) is 28.1 Å². The van der Waals surface area contributed by atoms with E-state index in [-0.39, 0.29) is 18.4 Å². The van der Waals surface area contributed by atoms with Crippen LogP contribution in [0.25, 0.3) is 0 Å². The van der Waals surface area contributed by atoms with Crippen molar-refractivity contribution in [1.29, 1.82) is 0 Å². The fourth-order valence-electron chi connectivity index (χ4n) is 3.50. The van der Waals surface area contributed by atoms with Crippen molar-refractivity contribution in [2.24, 2.45) is 0 Å². The highest BCUT2D eigenvalue weighted by molar-refractivity contribution is 9.10. The average Bonchev–Trinajstić information content (AvgIpc) is 2.98. The number of benzene rings is 3. The Hall–Kier alpha value is -3.45. The highest BCUT2D eigenvalue weighted by atomic mass is 79.9. The summed E-state index contributed by atoms with van der Waals surface area (Å²) in [4.78, 5) is 38.4. The molecule has 0 saturated heterocycles. The van der Waals surface area contributed by atoms with Crippen molar-refractivity contribution in [2.75, 3.05) is 11.5 Å². The van der Waals surface area contributed by atoms with E-state index in [4.69, 9.17) is 9.47 Å². The number of carbonyl (C=O) groups excluding carboxylic acids is 3. The molecular formula is C24H18BrNO5. The fourth-order valence-corrected chi connectivity index (χ4v) is 4.19. The maximum atomic E-state index is 12.6. The van der Waals surface area contributed by atoms with E-state index in [1.165, 1.54) is 12.1 Å². The topological polar surface area (TPSA) is 72.9 Å². The number of fused-ring (bicyclic) bond motifs is 1. The van der Waals surface area contributed by atoms with Crippen LogP contribution in [0.5, 0.6) is 11.5 Å². The molecule has 0 aromatic heterocycles. The molecule has 6 nitrogen and oxygen atoms in total. The highest BCUT2D eigenvalue weighted by Crippen LogP contribution is 2.30. The molecule has 0 spiro atoms. The molecule has 0 fully saturated rings. The zero-order valence-electron chi connectivity index (χ0n) is 16.8. The van der Waals surface area contributed by atoms with E-state index in [0.29, 0.717) is 28.3 Å². The van der Waals surface area contributed by atoms with Gasteiger partial charge in [-0.15, -0.1) is 0 Å². The lowest BCUT2D eigenvalue weighted by Gasteiger charge is -2.15. The first-order valence-corrected chi connectivity index (χ1v) is 10.3. The number of hydrogen-bond donors (Lipinski definition) is 0. The maximum Gasteiger partial charge on any atom is 0.349 e. The van der Waals surface area contributed by atoms with Crippen LogP contribution < -0.4 is 14.4 Å². The minimum Gasteiger partial charge on any atom is -0.481 e. The van der Waals surface area contributed by atoms with E-state index in [1.807, 2.05) is 26.0 Å². The van der Waals surface area contributed by atoms with Crippen molar-refractivity contribution in [1.82, 2.24) is 0 Å². The standard InChI is InChI=1S/C24H18BrNO5/c1-14-11-16(25)12-15(2)22(14)30-13-21(27)31-18-9-7-17(8-10-18)26-23(28)19-5-3-4-6-20(19)24(26)29/h3-12H,13H2,1-2H3. The van der Waals surface area contributed by atoms with Crippen LogP contribution in [0.1, 0.15) is 31.8 Å². The van der Waals surface area contributed by atoms with Crippen molar-refractivity contribution in [3.8, 4) is 11.5 Å². The molecule has 0 saturated carbocycles. The minimum atomic E-state index is -0.560. The summed E-state index contributed by atoms with van der Waals surface area (Å²) < 4.78 is 11.9. The quantitative estimate of drug-likeness (QED) is 0.297. The van der Waals surface area contributed by atoms with E-state index in [2.05, 4.69) is 15.9 Å². The summed E-state index contributed by atoms with van der Waals surface area (Å²) >= 11 is 3.42. The van der Waals surface area contributed by atoms with Gasteiger partial charge >= 0.3 is 5.97 Å². The monoisotopic (exact) mass is 479 g/mol. The molecule has 3 aromatic carbocycles. The summed E-state index contributed by atoms with van der Waals surface area (Å²) in [7, 11) is 0. The molecule has 0 atom stereocenters. The number of esters is 1. The van der Waals surface area contributed by atoms with Gasteiger partial charge in [0.15, 0.2) is 6.61 Å². The minimum absolute atomic E-state index is 0.247. The Morgan fingerprint density at radius 2 is 1.45 bits per heavy atom. The average molecular weight is 480 g/mol. The number of amides is 2. The zero-order chi connectivity index (χ0) is 22.1. The Balaban J connectivity index is 1.41. The van der Waals surface area contributed by atoms with Crippen molar-refractivity contribution >= 4 is 39.4 Å². The van der Waals surface area contributed by atoms with E-state index in [1.54, 1.807) is 36.4 Å². The Morgan fingerprint density at radius 1 is 0.903 bits per heavy atom. The molecule has 0 unspecified atom stereocenters. The predicted octanol–water partition coefficient (Wildman–Crippen LogP) is 4.85. The second-order valence-electron chi connectivity index (χ2n) is 7.12. The van der Waals surface area contributed by atoms with Gasteiger partial charge in [-0.2, -0.15) is 0 Å². The summed E-state index contributed by atoms with van der Waals surface area (Å²) in [6.45, 7) is 3.55. The molecule has 1 heterocycles. The van der Waals surface area contributed by atoms with Gasteiger partial charge in [0.05, 0.1) is 16.8 Å². The summed E-state index contributed by atoms with van der Waals surface area (Å²) in [5.41, 5.74) is 2.97. The fraction of sp³-hybridized carbons (Fsp3) is 0.125.